The average molecular weight is 200 g/mol. The summed E-state index contributed by atoms with van der Waals surface area (Å²) < 4.78 is 5.46. The molecule has 1 aliphatic rings. The summed E-state index contributed by atoms with van der Waals surface area (Å²) in [5.74, 6) is 0.181. The van der Waals surface area contributed by atoms with E-state index in [2.05, 4.69) is 12.2 Å². The van der Waals surface area contributed by atoms with E-state index in [0.717, 1.165) is 19.3 Å². The van der Waals surface area contributed by atoms with Crippen LogP contribution in [0, 0.1) is 5.92 Å². The smallest absolute Gasteiger partial charge is 0.225 e. The van der Waals surface area contributed by atoms with Gasteiger partial charge in [-0.25, -0.2) is 0 Å². The van der Waals surface area contributed by atoms with Crippen molar-refractivity contribution < 1.29 is 9.53 Å². The molecule has 0 aromatic rings. The third kappa shape index (κ3) is 2.96. The van der Waals surface area contributed by atoms with Crippen LogP contribution in [0.1, 0.15) is 26.2 Å². The Bertz CT molecular complexity index is 185. The maximum absolute atomic E-state index is 11.7. The molecule has 0 aromatic carbocycles. The van der Waals surface area contributed by atoms with Crippen LogP contribution >= 0.6 is 0 Å². The largest absolute Gasteiger partial charge is 0.377 e. The molecule has 14 heavy (non-hydrogen) atoms. The lowest BCUT2D eigenvalue weighted by Crippen LogP contribution is -2.36. The molecule has 1 fully saturated rings. The Morgan fingerprint density at radius 2 is 2.43 bits per heavy atom. The third-order valence-corrected chi connectivity index (χ3v) is 2.63. The number of ether oxygens (including phenoxy) is 1. The van der Waals surface area contributed by atoms with E-state index in [9.17, 15) is 4.79 Å². The van der Waals surface area contributed by atoms with Gasteiger partial charge in [0.15, 0.2) is 0 Å². The zero-order chi connectivity index (χ0) is 10.4. The van der Waals surface area contributed by atoms with Crippen LogP contribution < -0.4 is 11.1 Å². The van der Waals surface area contributed by atoms with Crippen LogP contribution in [0.5, 0.6) is 0 Å². The van der Waals surface area contributed by atoms with E-state index in [1.807, 2.05) is 0 Å². The summed E-state index contributed by atoms with van der Waals surface area (Å²) in [5, 5.41) is 2.89. The van der Waals surface area contributed by atoms with Gasteiger partial charge in [-0.1, -0.05) is 6.92 Å². The van der Waals surface area contributed by atoms with Crippen LogP contribution in [0.15, 0.2) is 0 Å². The van der Waals surface area contributed by atoms with E-state index in [4.69, 9.17) is 10.5 Å². The molecule has 0 spiro atoms. The summed E-state index contributed by atoms with van der Waals surface area (Å²) in [7, 11) is 0. The van der Waals surface area contributed by atoms with Gasteiger partial charge in [-0.15, -0.1) is 0 Å². The summed E-state index contributed by atoms with van der Waals surface area (Å²) in [4.78, 5) is 11.7. The SMILES string of the molecule is CCC1OCCC1C(=O)NCCCN. The minimum Gasteiger partial charge on any atom is -0.377 e. The van der Waals surface area contributed by atoms with Crippen molar-refractivity contribution >= 4 is 5.91 Å². The normalized spacial score (nSPS) is 26.4. The molecule has 3 N–H and O–H groups in total. The molecule has 0 saturated carbocycles. The Labute approximate surface area is 85.2 Å². The predicted molar refractivity (Wildman–Crippen MR) is 54.8 cm³/mol. The van der Waals surface area contributed by atoms with Crippen molar-refractivity contribution in [2.24, 2.45) is 11.7 Å². The molecule has 4 nitrogen and oxygen atoms in total. The Balaban J connectivity index is 2.28. The monoisotopic (exact) mass is 200 g/mol. The van der Waals surface area contributed by atoms with Crippen molar-refractivity contribution in [2.45, 2.75) is 32.3 Å². The molecule has 1 saturated heterocycles. The van der Waals surface area contributed by atoms with Crippen molar-refractivity contribution in [1.29, 1.82) is 0 Å². The van der Waals surface area contributed by atoms with Crippen molar-refractivity contribution in [3.63, 3.8) is 0 Å². The van der Waals surface area contributed by atoms with Gasteiger partial charge in [0.05, 0.1) is 12.0 Å². The molecule has 4 heteroatoms. The van der Waals surface area contributed by atoms with Gasteiger partial charge in [0.25, 0.3) is 0 Å². The van der Waals surface area contributed by atoms with Gasteiger partial charge in [0.1, 0.15) is 0 Å². The first-order valence-corrected chi connectivity index (χ1v) is 5.39. The highest BCUT2D eigenvalue weighted by molar-refractivity contribution is 5.79. The van der Waals surface area contributed by atoms with Crippen molar-refractivity contribution in [1.82, 2.24) is 5.32 Å². The van der Waals surface area contributed by atoms with Gasteiger partial charge in [-0.3, -0.25) is 4.79 Å². The highest BCUT2D eigenvalue weighted by Gasteiger charge is 2.32. The second-order valence-electron chi connectivity index (χ2n) is 3.65. The molecule has 0 bridgehead atoms. The molecule has 1 rings (SSSR count). The van der Waals surface area contributed by atoms with Gasteiger partial charge in [0, 0.05) is 13.2 Å². The second kappa shape index (κ2) is 5.98. The molecule has 1 heterocycles. The first-order chi connectivity index (χ1) is 6.79. The summed E-state index contributed by atoms with van der Waals surface area (Å²) in [6.45, 7) is 4.07. The van der Waals surface area contributed by atoms with E-state index in [-0.39, 0.29) is 17.9 Å². The zero-order valence-electron chi connectivity index (χ0n) is 8.79. The lowest BCUT2D eigenvalue weighted by molar-refractivity contribution is -0.126. The molecule has 1 amide bonds. The topological polar surface area (TPSA) is 64.3 Å². The number of hydrogen-bond acceptors (Lipinski definition) is 3. The zero-order valence-corrected chi connectivity index (χ0v) is 8.79. The van der Waals surface area contributed by atoms with Gasteiger partial charge in [-0.2, -0.15) is 0 Å². The minimum absolute atomic E-state index is 0.0535. The van der Waals surface area contributed by atoms with Crippen molar-refractivity contribution in [3.05, 3.63) is 0 Å². The molecule has 2 unspecified atom stereocenters. The molecule has 82 valence electrons. The fourth-order valence-corrected chi connectivity index (χ4v) is 1.80. The molecule has 0 aromatic heterocycles. The van der Waals surface area contributed by atoms with Crippen LogP contribution in [0.4, 0.5) is 0 Å². The van der Waals surface area contributed by atoms with Crippen molar-refractivity contribution in [2.75, 3.05) is 19.7 Å². The molecule has 0 aliphatic carbocycles. The standard InChI is InChI=1S/C10H20N2O2/c1-2-9-8(4-7-14-9)10(13)12-6-3-5-11/h8-9H,2-7,11H2,1H3,(H,12,13). The van der Waals surface area contributed by atoms with Crippen LogP contribution in [-0.2, 0) is 9.53 Å². The third-order valence-electron chi connectivity index (χ3n) is 2.63. The minimum atomic E-state index is 0.0535. The fraction of sp³-hybridized carbons (Fsp3) is 0.900. The molecule has 1 aliphatic heterocycles. The quantitative estimate of drug-likeness (QED) is 0.626. The van der Waals surface area contributed by atoms with E-state index >= 15 is 0 Å². The van der Waals surface area contributed by atoms with E-state index in [1.165, 1.54) is 0 Å². The number of rotatable bonds is 5. The van der Waals surface area contributed by atoms with Crippen LogP contribution in [0.3, 0.4) is 0 Å². The maximum atomic E-state index is 11.7. The van der Waals surface area contributed by atoms with Crippen LogP contribution in [-0.4, -0.2) is 31.7 Å². The molecule has 0 radical (unpaired) electrons. The van der Waals surface area contributed by atoms with Crippen molar-refractivity contribution in [3.8, 4) is 0 Å². The Morgan fingerprint density at radius 1 is 1.64 bits per heavy atom. The average Bonchev–Trinajstić information content (AvgIpc) is 2.65. The van der Waals surface area contributed by atoms with Gasteiger partial charge >= 0.3 is 0 Å². The number of nitrogens with two attached hydrogens (primary N) is 1. The number of hydrogen-bond donors (Lipinski definition) is 2. The summed E-state index contributed by atoms with van der Waals surface area (Å²) >= 11 is 0. The second-order valence-corrected chi connectivity index (χ2v) is 3.65. The Hall–Kier alpha value is -0.610. The number of carbonyl (C=O) groups is 1. The van der Waals surface area contributed by atoms with Crippen LogP contribution in [0.25, 0.3) is 0 Å². The highest BCUT2D eigenvalue weighted by Crippen LogP contribution is 2.23. The number of amides is 1. The number of carbonyl (C=O) groups excluding carboxylic acids is 1. The summed E-state index contributed by atoms with van der Waals surface area (Å²) in [5.41, 5.74) is 5.35. The first kappa shape index (κ1) is 11.5. The molecular weight excluding hydrogens is 180 g/mol. The lowest BCUT2D eigenvalue weighted by atomic mass is 9.99. The molecular formula is C10H20N2O2. The number of nitrogens with one attached hydrogen (secondary N) is 1. The van der Waals surface area contributed by atoms with Crippen LogP contribution in [0.2, 0.25) is 0 Å². The predicted octanol–water partition coefficient (Wildman–Crippen LogP) is 0.267. The highest BCUT2D eigenvalue weighted by atomic mass is 16.5. The summed E-state index contributed by atoms with van der Waals surface area (Å²) in [6, 6.07) is 0. The van der Waals surface area contributed by atoms with Gasteiger partial charge < -0.3 is 15.8 Å². The van der Waals surface area contributed by atoms with E-state index in [0.29, 0.717) is 19.7 Å². The fourth-order valence-electron chi connectivity index (χ4n) is 1.80. The van der Waals surface area contributed by atoms with E-state index in [1.54, 1.807) is 0 Å². The summed E-state index contributed by atoms with van der Waals surface area (Å²) in [6.07, 6.45) is 2.73. The van der Waals surface area contributed by atoms with Gasteiger partial charge in [-0.05, 0) is 25.8 Å². The molecule has 2 atom stereocenters. The van der Waals surface area contributed by atoms with E-state index < -0.39 is 0 Å². The van der Waals surface area contributed by atoms with Gasteiger partial charge in [0.2, 0.25) is 5.91 Å². The Morgan fingerprint density at radius 3 is 3.07 bits per heavy atom. The lowest BCUT2D eigenvalue weighted by Gasteiger charge is -2.16. The Kier molecular flexibility index (Phi) is 4.90. The maximum Gasteiger partial charge on any atom is 0.225 e. The first-order valence-electron chi connectivity index (χ1n) is 5.39.